The van der Waals surface area contributed by atoms with Crippen LogP contribution in [0.3, 0.4) is 0 Å². The van der Waals surface area contributed by atoms with Crippen LogP contribution >= 0.6 is 0 Å². The van der Waals surface area contributed by atoms with Crippen LogP contribution in [0.4, 0.5) is 4.39 Å². The molecule has 0 aromatic heterocycles. The van der Waals surface area contributed by atoms with E-state index in [1.807, 2.05) is 54.6 Å². The minimum atomic E-state index is -0.980. The molecule has 1 unspecified atom stereocenters. The second-order valence-corrected chi connectivity index (χ2v) is 8.03. The summed E-state index contributed by atoms with van der Waals surface area (Å²) in [7, 11) is 0. The predicted molar refractivity (Wildman–Crippen MR) is 115 cm³/mol. The molecule has 0 bridgehead atoms. The third kappa shape index (κ3) is 4.46. The van der Waals surface area contributed by atoms with Crippen molar-refractivity contribution in [1.29, 1.82) is 0 Å². The number of carbonyl (C=O) groups is 1. The SMILES string of the molecule is C[C@@H](NC1CC[C@@H](c2ccc(OCC(=O)O)cc2)C1)c1ccc(F)c2ccccc12. The van der Waals surface area contributed by atoms with E-state index in [4.69, 9.17) is 9.84 Å². The molecule has 4 nitrogen and oxygen atoms in total. The molecular weight excluding hydrogens is 381 g/mol. The largest absolute Gasteiger partial charge is 0.482 e. The lowest BCUT2D eigenvalue weighted by molar-refractivity contribution is -0.139. The molecule has 0 saturated heterocycles. The fourth-order valence-electron chi connectivity index (χ4n) is 4.52. The number of rotatable bonds is 7. The average molecular weight is 407 g/mol. The summed E-state index contributed by atoms with van der Waals surface area (Å²) in [6.45, 7) is 1.81. The molecule has 3 atom stereocenters. The number of aliphatic carboxylic acids is 1. The summed E-state index contributed by atoms with van der Waals surface area (Å²) in [6.07, 6.45) is 3.23. The van der Waals surface area contributed by atoms with Crippen LogP contribution in [0.1, 0.15) is 49.3 Å². The highest BCUT2D eigenvalue weighted by atomic mass is 19.1. The van der Waals surface area contributed by atoms with Gasteiger partial charge in [0, 0.05) is 17.5 Å². The average Bonchev–Trinajstić information content (AvgIpc) is 3.21. The van der Waals surface area contributed by atoms with E-state index in [9.17, 15) is 9.18 Å². The molecule has 1 fully saturated rings. The van der Waals surface area contributed by atoms with Gasteiger partial charge in [-0.3, -0.25) is 0 Å². The fraction of sp³-hybridized carbons (Fsp3) is 0.320. The highest BCUT2D eigenvalue weighted by Crippen LogP contribution is 2.36. The molecule has 0 heterocycles. The van der Waals surface area contributed by atoms with E-state index in [1.54, 1.807) is 6.07 Å². The summed E-state index contributed by atoms with van der Waals surface area (Å²) >= 11 is 0. The van der Waals surface area contributed by atoms with Gasteiger partial charge in [0.1, 0.15) is 11.6 Å². The van der Waals surface area contributed by atoms with Crippen molar-refractivity contribution in [2.75, 3.05) is 6.61 Å². The van der Waals surface area contributed by atoms with Crippen molar-refractivity contribution in [3.63, 3.8) is 0 Å². The highest BCUT2D eigenvalue weighted by molar-refractivity contribution is 5.86. The van der Waals surface area contributed by atoms with E-state index >= 15 is 0 Å². The molecule has 1 aliphatic carbocycles. The molecule has 5 heteroatoms. The lowest BCUT2D eigenvalue weighted by Gasteiger charge is -2.22. The Labute approximate surface area is 175 Å². The van der Waals surface area contributed by atoms with Crippen LogP contribution in [0.25, 0.3) is 10.8 Å². The zero-order chi connectivity index (χ0) is 21.1. The molecule has 1 aliphatic rings. The van der Waals surface area contributed by atoms with Gasteiger partial charge in [-0.2, -0.15) is 0 Å². The van der Waals surface area contributed by atoms with Crippen molar-refractivity contribution in [3.8, 4) is 5.75 Å². The molecule has 0 radical (unpaired) electrons. The number of ether oxygens (including phenoxy) is 1. The maximum Gasteiger partial charge on any atom is 0.341 e. The van der Waals surface area contributed by atoms with Gasteiger partial charge in [-0.15, -0.1) is 0 Å². The number of carboxylic acids is 1. The monoisotopic (exact) mass is 407 g/mol. The quantitative estimate of drug-likeness (QED) is 0.548. The van der Waals surface area contributed by atoms with Crippen molar-refractivity contribution in [3.05, 3.63) is 77.6 Å². The molecule has 0 amide bonds. The summed E-state index contributed by atoms with van der Waals surface area (Å²) in [4.78, 5) is 10.6. The van der Waals surface area contributed by atoms with E-state index in [0.29, 0.717) is 23.1 Å². The van der Waals surface area contributed by atoms with E-state index in [2.05, 4.69) is 12.2 Å². The maximum absolute atomic E-state index is 14.1. The number of benzene rings is 3. The molecule has 156 valence electrons. The number of halogens is 1. The third-order valence-electron chi connectivity index (χ3n) is 6.00. The molecule has 3 aromatic rings. The zero-order valence-corrected chi connectivity index (χ0v) is 17.0. The smallest absolute Gasteiger partial charge is 0.341 e. The first kappa shape index (κ1) is 20.4. The topological polar surface area (TPSA) is 58.6 Å². The van der Waals surface area contributed by atoms with Crippen LogP contribution < -0.4 is 10.1 Å². The maximum atomic E-state index is 14.1. The Kier molecular flexibility index (Phi) is 6.00. The third-order valence-corrected chi connectivity index (χ3v) is 6.00. The Bertz CT molecular complexity index is 1030. The summed E-state index contributed by atoms with van der Waals surface area (Å²) in [6, 6.07) is 19.3. The zero-order valence-electron chi connectivity index (χ0n) is 17.0. The van der Waals surface area contributed by atoms with Gasteiger partial charge in [0.2, 0.25) is 0 Å². The molecule has 4 rings (SSSR count). The van der Waals surface area contributed by atoms with Gasteiger partial charge in [0.15, 0.2) is 6.61 Å². The van der Waals surface area contributed by atoms with Gasteiger partial charge in [-0.1, -0.05) is 42.5 Å². The predicted octanol–water partition coefficient (Wildman–Crippen LogP) is 5.43. The van der Waals surface area contributed by atoms with Crippen LogP contribution in [0, 0.1) is 5.82 Å². The van der Waals surface area contributed by atoms with Crippen molar-refractivity contribution in [2.45, 2.75) is 44.2 Å². The first-order valence-electron chi connectivity index (χ1n) is 10.4. The minimum absolute atomic E-state index is 0.131. The second kappa shape index (κ2) is 8.84. The molecule has 1 saturated carbocycles. The van der Waals surface area contributed by atoms with Crippen LogP contribution in [0.2, 0.25) is 0 Å². The minimum Gasteiger partial charge on any atom is -0.482 e. The summed E-state index contributed by atoms with van der Waals surface area (Å²) in [5.74, 6) is -0.121. The van der Waals surface area contributed by atoms with Gasteiger partial charge >= 0.3 is 5.97 Å². The summed E-state index contributed by atoms with van der Waals surface area (Å²) in [5, 5.41) is 14.1. The van der Waals surface area contributed by atoms with Crippen LogP contribution in [0.15, 0.2) is 60.7 Å². The summed E-state index contributed by atoms with van der Waals surface area (Å²) in [5.41, 5.74) is 2.37. The number of nitrogens with one attached hydrogen (secondary N) is 1. The van der Waals surface area contributed by atoms with Gasteiger partial charge in [0.05, 0.1) is 0 Å². The molecule has 0 aliphatic heterocycles. The standard InChI is InChI=1S/C25H26FNO3/c1-16(21-12-13-24(26)23-5-3-2-4-22(21)23)27-19-9-6-18(14-19)17-7-10-20(11-8-17)30-15-25(28)29/h2-5,7-8,10-13,16,18-19,27H,6,9,14-15H2,1H3,(H,28,29)/t16-,18-,19?/m1/s1. The number of hydrogen-bond acceptors (Lipinski definition) is 3. The second-order valence-electron chi connectivity index (χ2n) is 8.03. The van der Waals surface area contributed by atoms with Gasteiger partial charge < -0.3 is 15.2 Å². The number of fused-ring (bicyclic) bond motifs is 1. The van der Waals surface area contributed by atoms with Crippen LogP contribution in [-0.4, -0.2) is 23.7 Å². The molecule has 30 heavy (non-hydrogen) atoms. The molecular formula is C25H26FNO3. The van der Waals surface area contributed by atoms with Gasteiger partial charge in [-0.05, 0) is 66.8 Å². The van der Waals surface area contributed by atoms with Gasteiger partial charge in [0.25, 0.3) is 0 Å². The van der Waals surface area contributed by atoms with Crippen molar-refractivity contribution in [2.24, 2.45) is 0 Å². The Balaban J connectivity index is 1.39. The molecule has 3 aromatic carbocycles. The Morgan fingerprint density at radius 3 is 2.57 bits per heavy atom. The van der Waals surface area contributed by atoms with Gasteiger partial charge in [-0.25, -0.2) is 9.18 Å². The number of carboxylic acid groups (broad SMARTS) is 1. The first-order valence-corrected chi connectivity index (χ1v) is 10.4. The van der Waals surface area contributed by atoms with E-state index in [0.717, 1.165) is 30.2 Å². The van der Waals surface area contributed by atoms with E-state index in [-0.39, 0.29) is 18.5 Å². The lowest BCUT2D eigenvalue weighted by Crippen LogP contribution is -2.29. The Hall–Kier alpha value is -2.92. The van der Waals surface area contributed by atoms with Crippen LogP contribution in [-0.2, 0) is 4.79 Å². The normalized spacial score (nSPS) is 19.7. The Morgan fingerprint density at radius 2 is 1.83 bits per heavy atom. The Morgan fingerprint density at radius 1 is 1.10 bits per heavy atom. The molecule has 2 N–H and O–H groups in total. The first-order chi connectivity index (χ1) is 14.5. The van der Waals surface area contributed by atoms with E-state index in [1.165, 1.54) is 5.56 Å². The van der Waals surface area contributed by atoms with Crippen molar-refractivity contribution < 1.29 is 19.0 Å². The molecule has 0 spiro atoms. The highest BCUT2D eigenvalue weighted by Gasteiger charge is 2.27. The lowest BCUT2D eigenvalue weighted by atomic mass is 9.96. The van der Waals surface area contributed by atoms with Crippen molar-refractivity contribution in [1.82, 2.24) is 5.32 Å². The van der Waals surface area contributed by atoms with E-state index < -0.39 is 5.97 Å². The van der Waals surface area contributed by atoms with Crippen LogP contribution in [0.5, 0.6) is 5.75 Å². The van der Waals surface area contributed by atoms with Crippen molar-refractivity contribution >= 4 is 16.7 Å². The number of hydrogen-bond donors (Lipinski definition) is 2. The summed E-state index contributed by atoms with van der Waals surface area (Å²) < 4.78 is 19.3. The fourth-order valence-corrected chi connectivity index (χ4v) is 4.52.